The molecule has 2 aromatic rings. The molecule has 1 heterocycles. The van der Waals surface area contributed by atoms with Crippen molar-refractivity contribution in [3.05, 3.63) is 64.4 Å². The van der Waals surface area contributed by atoms with Gasteiger partial charge < -0.3 is 10.2 Å². The Morgan fingerprint density at radius 2 is 1.78 bits per heavy atom. The second-order valence-corrected chi connectivity index (χ2v) is 6.56. The lowest BCUT2D eigenvalue weighted by atomic mass is 9.76. The molecular formula is C18H14ClF5N2O. The topological polar surface area (TPSA) is 32.3 Å². The number of nitrogens with zero attached hydrogens (tertiary/aromatic N) is 1. The van der Waals surface area contributed by atoms with Gasteiger partial charge in [0.1, 0.15) is 12.4 Å². The van der Waals surface area contributed by atoms with Gasteiger partial charge in [-0.15, -0.1) is 0 Å². The van der Waals surface area contributed by atoms with Gasteiger partial charge in [-0.2, -0.15) is 13.2 Å². The van der Waals surface area contributed by atoms with Gasteiger partial charge in [-0.05, 0) is 35.9 Å². The molecule has 1 aliphatic heterocycles. The molecule has 0 aliphatic carbocycles. The van der Waals surface area contributed by atoms with Gasteiger partial charge in [0.15, 0.2) is 0 Å². The normalized spacial score (nSPS) is 19.6. The molecule has 3 rings (SSSR count). The molecule has 2 amide bonds. The fourth-order valence-electron chi connectivity index (χ4n) is 3.44. The van der Waals surface area contributed by atoms with E-state index in [4.69, 9.17) is 11.6 Å². The van der Waals surface area contributed by atoms with Gasteiger partial charge >= 0.3 is 12.2 Å². The molecule has 1 unspecified atom stereocenters. The van der Waals surface area contributed by atoms with Crippen molar-refractivity contribution < 1.29 is 26.7 Å². The molecule has 0 bridgehead atoms. The molecule has 0 saturated heterocycles. The summed E-state index contributed by atoms with van der Waals surface area (Å²) in [6, 6.07) is 7.87. The average molecular weight is 405 g/mol. The highest BCUT2D eigenvalue weighted by molar-refractivity contribution is 6.30. The van der Waals surface area contributed by atoms with Crippen LogP contribution in [-0.2, 0) is 5.54 Å². The zero-order chi connectivity index (χ0) is 19.8. The van der Waals surface area contributed by atoms with Gasteiger partial charge in [0, 0.05) is 22.7 Å². The predicted molar refractivity (Wildman–Crippen MR) is 91.0 cm³/mol. The zero-order valence-corrected chi connectivity index (χ0v) is 14.5. The molecule has 2 aromatic carbocycles. The summed E-state index contributed by atoms with van der Waals surface area (Å²) in [5, 5.41) is 2.60. The molecule has 0 fully saturated rings. The molecule has 27 heavy (non-hydrogen) atoms. The average Bonchev–Trinajstić information content (AvgIpc) is 2.58. The molecule has 144 valence electrons. The Labute approximate surface area is 156 Å². The van der Waals surface area contributed by atoms with E-state index in [9.17, 15) is 26.7 Å². The second kappa shape index (κ2) is 6.99. The number of fused-ring (bicyclic) bond motifs is 1. The Balaban J connectivity index is 2.32. The maximum absolute atomic E-state index is 13.6. The highest BCUT2D eigenvalue weighted by atomic mass is 35.5. The number of urea groups is 1. The lowest BCUT2D eigenvalue weighted by molar-refractivity contribution is -0.149. The number of carbonyl (C=O) groups excluding carboxylic acids is 1. The summed E-state index contributed by atoms with van der Waals surface area (Å²) in [5.41, 5.74) is -1.20. The Morgan fingerprint density at radius 1 is 1.11 bits per heavy atom. The van der Waals surface area contributed by atoms with Crippen LogP contribution in [0.2, 0.25) is 5.02 Å². The monoisotopic (exact) mass is 404 g/mol. The fourth-order valence-corrected chi connectivity index (χ4v) is 3.61. The van der Waals surface area contributed by atoms with E-state index in [1.165, 1.54) is 30.3 Å². The third kappa shape index (κ3) is 3.58. The molecule has 0 aromatic heterocycles. The molecule has 0 spiro atoms. The number of amides is 2. The van der Waals surface area contributed by atoms with Crippen LogP contribution in [0.5, 0.6) is 0 Å². The number of hydrogen-bond donors (Lipinski definition) is 1. The number of carbonyl (C=O) groups is 1. The summed E-state index contributed by atoms with van der Waals surface area (Å²) in [7, 11) is 0. The zero-order valence-electron chi connectivity index (χ0n) is 13.8. The van der Waals surface area contributed by atoms with Crippen LogP contribution in [0, 0.1) is 5.82 Å². The number of rotatable bonds is 4. The molecular weight excluding hydrogens is 391 g/mol. The number of anilines is 1. The largest absolute Gasteiger partial charge is 0.406 e. The predicted octanol–water partition coefficient (Wildman–Crippen LogP) is 5.49. The van der Waals surface area contributed by atoms with Crippen LogP contribution < -0.4 is 5.32 Å². The first-order valence-corrected chi connectivity index (χ1v) is 8.32. The second-order valence-electron chi connectivity index (χ2n) is 6.13. The third-order valence-corrected chi connectivity index (χ3v) is 4.73. The summed E-state index contributed by atoms with van der Waals surface area (Å²) in [5.74, 6) is -0.608. The highest BCUT2D eigenvalue weighted by Crippen LogP contribution is 2.47. The summed E-state index contributed by atoms with van der Waals surface area (Å²) < 4.78 is 66.7. The summed E-state index contributed by atoms with van der Waals surface area (Å²) in [6.07, 6.45) is -5.18. The van der Waals surface area contributed by atoms with E-state index in [0.717, 1.165) is 12.1 Å². The first-order chi connectivity index (χ1) is 12.7. The van der Waals surface area contributed by atoms with Crippen molar-refractivity contribution in [1.29, 1.82) is 0 Å². The van der Waals surface area contributed by atoms with Gasteiger partial charge in [-0.25, -0.2) is 9.18 Å². The minimum Gasteiger partial charge on any atom is -0.307 e. The van der Waals surface area contributed by atoms with Crippen molar-refractivity contribution in [1.82, 2.24) is 4.90 Å². The van der Waals surface area contributed by atoms with Gasteiger partial charge in [0.05, 0.1) is 12.2 Å². The van der Waals surface area contributed by atoms with E-state index in [1.54, 1.807) is 0 Å². The standard InChI is InChI=1S/C18H14ClF5N2O/c19-12-3-6-15-14(9-12)17(7-8-20,11-1-4-13(21)5-2-11)26(16(27)25-15)10-18(22,23)24/h1-6,9H,7-8,10H2,(H,25,27). The van der Waals surface area contributed by atoms with Crippen LogP contribution in [0.15, 0.2) is 42.5 Å². The maximum atomic E-state index is 13.6. The molecule has 1 N–H and O–H groups in total. The minimum absolute atomic E-state index is 0.157. The van der Waals surface area contributed by atoms with E-state index >= 15 is 0 Å². The van der Waals surface area contributed by atoms with Crippen LogP contribution >= 0.6 is 11.6 Å². The lowest BCUT2D eigenvalue weighted by Crippen LogP contribution is -2.58. The van der Waals surface area contributed by atoms with Crippen molar-refractivity contribution >= 4 is 23.3 Å². The van der Waals surface area contributed by atoms with Crippen LogP contribution in [-0.4, -0.2) is 30.3 Å². The Bertz CT molecular complexity index is 856. The maximum Gasteiger partial charge on any atom is 0.406 e. The van der Waals surface area contributed by atoms with E-state index in [2.05, 4.69) is 5.32 Å². The van der Waals surface area contributed by atoms with E-state index in [-0.39, 0.29) is 21.8 Å². The molecule has 0 radical (unpaired) electrons. The quantitative estimate of drug-likeness (QED) is 0.671. The fraction of sp³-hybridized carbons (Fsp3) is 0.278. The van der Waals surface area contributed by atoms with Crippen molar-refractivity contribution in [2.75, 3.05) is 18.5 Å². The minimum atomic E-state index is -4.73. The van der Waals surface area contributed by atoms with E-state index < -0.39 is 43.2 Å². The van der Waals surface area contributed by atoms with Crippen LogP contribution in [0.4, 0.5) is 32.4 Å². The summed E-state index contributed by atoms with van der Waals surface area (Å²) >= 11 is 6.03. The number of nitrogens with one attached hydrogen (secondary N) is 1. The highest BCUT2D eigenvalue weighted by Gasteiger charge is 2.51. The van der Waals surface area contributed by atoms with Crippen molar-refractivity contribution in [2.24, 2.45) is 0 Å². The Kier molecular flexibility index (Phi) is 5.03. The SMILES string of the molecule is O=C1Nc2ccc(Cl)cc2C(CCF)(c2ccc(F)cc2)N1CC(F)(F)F. The summed E-state index contributed by atoms with van der Waals surface area (Å²) in [6.45, 7) is -2.62. The van der Waals surface area contributed by atoms with Gasteiger partial charge in [0.25, 0.3) is 0 Å². The first-order valence-electron chi connectivity index (χ1n) is 7.95. The smallest absolute Gasteiger partial charge is 0.307 e. The van der Waals surface area contributed by atoms with Gasteiger partial charge in [0.2, 0.25) is 0 Å². The number of halogens is 6. The third-order valence-electron chi connectivity index (χ3n) is 4.49. The van der Waals surface area contributed by atoms with Crippen molar-refractivity contribution in [3.8, 4) is 0 Å². The Morgan fingerprint density at radius 3 is 2.37 bits per heavy atom. The van der Waals surface area contributed by atoms with E-state index in [0.29, 0.717) is 4.90 Å². The van der Waals surface area contributed by atoms with Crippen LogP contribution in [0.1, 0.15) is 17.5 Å². The van der Waals surface area contributed by atoms with Gasteiger partial charge in [-0.1, -0.05) is 23.7 Å². The van der Waals surface area contributed by atoms with Crippen molar-refractivity contribution in [2.45, 2.75) is 18.1 Å². The number of benzene rings is 2. The lowest BCUT2D eigenvalue weighted by Gasteiger charge is -2.48. The molecule has 1 aliphatic rings. The Hall–Kier alpha value is -2.35. The molecule has 0 saturated carbocycles. The summed E-state index contributed by atoms with van der Waals surface area (Å²) in [4.78, 5) is 13.1. The first kappa shape index (κ1) is 19.4. The van der Waals surface area contributed by atoms with Crippen LogP contribution in [0.25, 0.3) is 0 Å². The van der Waals surface area contributed by atoms with Gasteiger partial charge in [-0.3, -0.25) is 4.39 Å². The molecule has 9 heteroatoms. The molecule has 1 atom stereocenters. The molecule has 3 nitrogen and oxygen atoms in total. The van der Waals surface area contributed by atoms with Crippen molar-refractivity contribution in [3.63, 3.8) is 0 Å². The van der Waals surface area contributed by atoms with E-state index in [1.807, 2.05) is 0 Å². The van der Waals surface area contributed by atoms with Crippen LogP contribution in [0.3, 0.4) is 0 Å². The number of hydrogen-bond acceptors (Lipinski definition) is 1. The number of alkyl halides is 4.